The smallest absolute Gasteiger partial charge is 0.407 e. The quantitative estimate of drug-likeness (QED) is 0.892. The zero-order valence-corrected chi connectivity index (χ0v) is 13.8. The lowest BCUT2D eigenvalue weighted by Crippen LogP contribution is -2.32. The number of thioether (sulfide) groups is 1. The van der Waals surface area contributed by atoms with Gasteiger partial charge in [0.2, 0.25) is 0 Å². The van der Waals surface area contributed by atoms with E-state index in [-0.39, 0.29) is 6.09 Å². The summed E-state index contributed by atoms with van der Waals surface area (Å²) in [5, 5.41) is 6.33. The van der Waals surface area contributed by atoms with E-state index in [1.165, 1.54) is 17.9 Å². The molecule has 1 amide bonds. The van der Waals surface area contributed by atoms with E-state index in [2.05, 4.69) is 22.8 Å². The van der Waals surface area contributed by atoms with Crippen molar-refractivity contribution in [2.45, 2.75) is 45.4 Å². The van der Waals surface area contributed by atoms with Crippen LogP contribution in [0, 0.1) is 0 Å². The molecule has 0 bridgehead atoms. The van der Waals surface area contributed by atoms with E-state index in [1.54, 1.807) is 0 Å². The van der Waals surface area contributed by atoms with E-state index >= 15 is 0 Å². The number of rotatable bonds is 4. The molecule has 0 aliphatic carbocycles. The van der Waals surface area contributed by atoms with Crippen LogP contribution in [0.25, 0.3) is 0 Å². The minimum atomic E-state index is -0.465. The first-order valence-electron chi connectivity index (χ1n) is 7.32. The van der Waals surface area contributed by atoms with Gasteiger partial charge in [-0.25, -0.2) is 4.79 Å². The minimum absolute atomic E-state index is 0.381. The van der Waals surface area contributed by atoms with E-state index < -0.39 is 5.60 Å². The molecular weight excluding hydrogens is 284 g/mol. The maximum Gasteiger partial charge on any atom is 0.407 e. The van der Waals surface area contributed by atoms with Gasteiger partial charge in [-0.3, -0.25) is 0 Å². The van der Waals surface area contributed by atoms with Crippen LogP contribution in [0.15, 0.2) is 24.3 Å². The van der Waals surface area contributed by atoms with Gasteiger partial charge in [0.05, 0.1) is 0 Å². The Morgan fingerprint density at radius 1 is 1.43 bits per heavy atom. The number of carbonyl (C=O) groups is 1. The van der Waals surface area contributed by atoms with Gasteiger partial charge in [0.1, 0.15) is 5.60 Å². The Kier molecular flexibility index (Phi) is 5.39. The van der Waals surface area contributed by atoms with Crippen molar-refractivity contribution in [3.63, 3.8) is 0 Å². The topological polar surface area (TPSA) is 50.4 Å². The molecule has 1 aromatic carbocycles. The maximum atomic E-state index is 11.6. The third kappa shape index (κ3) is 5.87. The predicted molar refractivity (Wildman–Crippen MR) is 88.9 cm³/mol. The number of carbonyl (C=O) groups excluding carboxylic acids is 1. The second-order valence-corrected chi connectivity index (χ2v) is 7.41. The number of hydrogen-bond donors (Lipinski definition) is 2. The van der Waals surface area contributed by atoms with E-state index in [4.69, 9.17) is 4.74 Å². The number of nitrogens with one attached hydrogen (secondary N) is 2. The van der Waals surface area contributed by atoms with Crippen molar-refractivity contribution >= 4 is 23.5 Å². The van der Waals surface area contributed by atoms with Gasteiger partial charge in [-0.2, -0.15) is 11.8 Å². The Morgan fingerprint density at radius 2 is 2.24 bits per heavy atom. The molecule has 0 saturated carbocycles. The molecule has 1 atom stereocenters. The number of hydrogen-bond acceptors (Lipinski definition) is 4. The first kappa shape index (κ1) is 16.0. The highest BCUT2D eigenvalue weighted by Crippen LogP contribution is 2.21. The van der Waals surface area contributed by atoms with Crippen LogP contribution in [0.2, 0.25) is 0 Å². The zero-order chi connectivity index (χ0) is 15.3. The summed E-state index contributed by atoms with van der Waals surface area (Å²) in [6.45, 7) is 6.05. The Bertz CT molecular complexity index is 479. The summed E-state index contributed by atoms with van der Waals surface area (Å²) in [6.07, 6.45) is 0.832. The van der Waals surface area contributed by atoms with Crippen LogP contribution in [-0.4, -0.2) is 29.2 Å². The minimum Gasteiger partial charge on any atom is -0.444 e. The third-order valence-corrected chi connectivity index (χ3v) is 4.23. The molecule has 4 nitrogen and oxygen atoms in total. The Labute approximate surface area is 131 Å². The van der Waals surface area contributed by atoms with Gasteiger partial charge >= 0.3 is 6.09 Å². The molecule has 1 aliphatic rings. The summed E-state index contributed by atoms with van der Waals surface area (Å²) in [7, 11) is 0. The first-order valence-corrected chi connectivity index (χ1v) is 8.48. The zero-order valence-electron chi connectivity index (χ0n) is 12.9. The highest BCUT2D eigenvalue weighted by Gasteiger charge is 2.16. The van der Waals surface area contributed by atoms with Crippen molar-refractivity contribution in [3.8, 4) is 0 Å². The molecule has 0 aromatic heterocycles. The molecule has 1 heterocycles. The molecule has 1 fully saturated rings. The molecule has 116 valence electrons. The van der Waals surface area contributed by atoms with Gasteiger partial charge in [-0.1, -0.05) is 12.1 Å². The fourth-order valence-electron chi connectivity index (χ4n) is 2.14. The number of amides is 1. The fourth-order valence-corrected chi connectivity index (χ4v) is 3.30. The summed E-state index contributed by atoms with van der Waals surface area (Å²) >= 11 is 1.99. The van der Waals surface area contributed by atoms with E-state index in [0.717, 1.165) is 11.3 Å². The molecule has 0 spiro atoms. The average molecular weight is 308 g/mol. The van der Waals surface area contributed by atoms with Crippen molar-refractivity contribution in [3.05, 3.63) is 29.8 Å². The predicted octanol–water partition coefficient (Wildman–Crippen LogP) is 3.63. The lowest BCUT2D eigenvalue weighted by Gasteiger charge is -2.20. The Hall–Kier alpha value is -1.36. The molecule has 2 rings (SSSR count). The van der Waals surface area contributed by atoms with Crippen LogP contribution in [0.1, 0.15) is 32.8 Å². The van der Waals surface area contributed by atoms with Gasteiger partial charge in [0, 0.05) is 24.0 Å². The average Bonchev–Trinajstić information content (AvgIpc) is 2.88. The van der Waals surface area contributed by atoms with Crippen LogP contribution in [0.5, 0.6) is 0 Å². The van der Waals surface area contributed by atoms with Crippen molar-refractivity contribution in [2.24, 2.45) is 0 Å². The number of ether oxygens (including phenoxy) is 1. The summed E-state index contributed by atoms with van der Waals surface area (Å²) in [5.41, 5.74) is 1.72. The number of alkyl carbamates (subject to hydrolysis) is 1. The summed E-state index contributed by atoms with van der Waals surface area (Å²) < 4.78 is 5.23. The highest BCUT2D eigenvalue weighted by atomic mass is 32.2. The van der Waals surface area contributed by atoms with Crippen LogP contribution < -0.4 is 10.6 Å². The van der Waals surface area contributed by atoms with Gasteiger partial charge in [0.15, 0.2) is 0 Å². The van der Waals surface area contributed by atoms with Crippen molar-refractivity contribution in [1.29, 1.82) is 0 Å². The molecule has 1 aliphatic heterocycles. The lowest BCUT2D eigenvalue weighted by atomic mass is 10.1. The van der Waals surface area contributed by atoms with Crippen molar-refractivity contribution in [2.75, 3.05) is 16.8 Å². The number of benzene rings is 1. The lowest BCUT2D eigenvalue weighted by molar-refractivity contribution is 0.0523. The van der Waals surface area contributed by atoms with Crippen LogP contribution >= 0.6 is 11.8 Å². The molecule has 2 N–H and O–H groups in total. The first-order chi connectivity index (χ1) is 9.92. The van der Waals surface area contributed by atoms with E-state index in [9.17, 15) is 4.79 Å². The molecule has 0 radical (unpaired) electrons. The summed E-state index contributed by atoms with van der Waals surface area (Å²) in [6, 6.07) is 8.73. The van der Waals surface area contributed by atoms with E-state index in [1.807, 2.05) is 44.7 Å². The fraction of sp³-hybridized carbons (Fsp3) is 0.562. The second-order valence-electron chi connectivity index (χ2n) is 6.26. The molecular formula is C16H24N2O2S. The molecule has 1 saturated heterocycles. The standard InChI is InChI=1S/C16H24N2O2S/c1-16(2,3)20-15(19)17-10-12-5-4-6-13(9-12)18-14-7-8-21-11-14/h4-6,9,14,18H,7-8,10-11H2,1-3H3,(H,17,19). The van der Waals surface area contributed by atoms with Crippen LogP contribution in [0.3, 0.4) is 0 Å². The summed E-state index contributed by atoms with van der Waals surface area (Å²) in [4.78, 5) is 11.6. The van der Waals surface area contributed by atoms with Gasteiger partial charge in [-0.05, 0) is 50.6 Å². The maximum absolute atomic E-state index is 11.6. The highest BCUT2D eigenvalue weighted by molar-refractivity contribution is 7.99. The molecule has 21 heavy (non-hydrogen) atoms. The SMILES string of the molecule is CC(C)(C)OC(=O)NCc1cccc(NC2CCSC2)c1. The van der Waals surface area contributed by atoms with Gasteiger partial charge < -0.3 is 15.4 Å². The van der Waals surface area contributed by atoms with E-state index in [0.29, 0.717) is 12.6 Å². The van der Waals surface area contributed by atoms with Crippen LogP contribution in [0.4, 0.5) is 10.5 Å². The second kappa shape index (κ2) is 7.07. The third-order valence-electron chi connectivity index (χ3n) is 3.06. The van der Waals surface area contributed by atoms with Gasteiger partial charge in [0.25, 0.3) is 0 Å². The summed E-state index contributed by atoms with van der Waals surface area (Å²) in [5.74, 6) is 2.40. The van der Waals surface area contributed by atoms with Gasteiger partial charge in [-0.15, -0.1) is 0 Å². The molecule has 1 aromatic rings. The normalized spacial score (nSPS) is 18.3. The van der Waals surface area contributed by atoms with Crippen LogP contribution in [-0.2, 0) is 11.3 Å². The van der Waals surface area contributed by atoms with Crippen molar-refractivity contribution in [1.82, 2.24) is 5.32 Å². The molecule has 5 heteroatoms. The largest absolute Gasteiger partial charge is 0.444 e. The Balaban J connectivity index is 1.84. The number of anilines is 1. The molecule has 1 unspecified atom stereocenters. The monoisotopic (exact) mass is 308 g/mol. The van der Waals surface area contributed by atoms with Crippen molar-refractivity contribution < 1.29 is 9.53 Å². The Morgan fingerprint density at radius 3 is 2.90 bits per heavy atom.